The van der Waals surface area contributed by atoms with Crippen molar-refractivity contribution >= 4 is 34.6 Å². The first-order chi connectivity index (χ1) is 16.2. The molecule has 0 fully saturated rings. The van der Waals surface area contributed by atoms with Gasteiger partial charge in [-0.15, -0.1) is 0 Å². The van der Waals surface area contributed by atoms with E-state index in [2.05, 4.69) is 10.3 Å². The Morgan fingerprint density at radius 1 is 1.06 bits per heavy atom. The van der Waals surface area contributed by atoms with Gasteiger partial charge in [0.2, 0.25) is 5.91 Å². The zero-order valence-corrected chi connectivity index (χ0v) is 19.7. The largest absolute Gasteiger partial charge is 0.402 e. The molecule has 0 unspecified atom stereocenters. The van der Waals surface area contributed by atoms with Gasteiger partial charge in [-0.1, -0.05) is 61.0 Å². The molecule has 7 heteroatoms. The lowest BCUT2D eigenvalue weighted by Gasteiger charge is -2.14. The average Bonchev–Trinajstić information content (AvgIpc) is 2.80. The van der Waals surface area contributed by atoms with Crippen LogP contribution in [-0.4, -0.2) is 11.6 Å². The van der Waals surface area contributed by atoms with E-state index in [1.54, 1.807) is 55.5 Å². The summed E-state index contributed by atoms with van der Waals surface area (Å²) in [6.07, 6.45) is 1.56. The predicted octanol–water partition coefficient (Wildman–Crippen LogP) is 7.01. The van der Waals surface area contributed by atoms with Crippen LogP contribution in [0.15, 0.2) is 89.6 Å². The monoisotopic (exact) mass is 481 g/mol. The molecule has 3 N–H and O–H groups in total. The Morgan fingerprint density at radius 2 is 1.71 bits per heavy atom. The molecule has 0 saturated carbocycles. The standard InChI is InChI=1S/C27H26ClF2N3O/c1-3-27(29,30)20-10-8-19(9-11-20)17-26(34)33-22-14-12-21(13-15-22)32-25(16-18(2)31)23-6-4-5-7-24(23)28/h4-16H,3,17,31H2,1-2H3,(H,33,34). The number of benzene rings is 3. The number of allylic oxidation sites excluding steroid dienone is 2. The summed E-state index contributed by atoms with van der Waals surface area (Å²) in [6, 6.07) is 20.2. The van der Waals surface area contributed by atoms with Crippen molar-refractivity contribution in [3.8, 4) is 0 Å². The topological polar surface area (TPSA) is 67.5 Å². The van der Waals surface area contributed by atoms with Crippen molar-refractivity contribution in [1.82, 2.24) is 0 Å². The maximum absolute atomic E-state index is 13.8. The lowest BCUT2D eigenvalue weighted by atomic mass is 10.0. The van der Waals surface area contributed by atoms with Crippen molar-refractivity contribution in [2.45, 2.75) is 32.6 Å². The SMILES string of the molecule is CCC(F)(F)c1ccc(CC(=O)Nc2ccc(N=C(C=C(C)N)c3ccccc3Cl)cc2)cc1. The number of nitrogens with one attached hydrogen (secondary N) is 1. The normalized spacial score (nSPS) is 12.5. The first-order valence-corrected chi connectivity index (χ1v) is 11.2. The summed E-state index contributed by atoms with van der Waals surface area (Å²) in [4.78, 5) is 17.1. The van der Waals surface area contributed by atoms with E-state index in [9.17, 15) is 13.6 Å². The highest BCUT2D eigenvalue weighted by molar-refractivity contribution is 6.35. The smallest absolute Gasteiger partial charge is 0.273 e. The fourth-order valence-corrected chi connectivity index (χ4v) is 3.51. The van der Waals surface area contributed by atoms with Gasteiger partial charge in [0.1, 0.15) is 0 Å². The highest BCUT2D eigenvalue weighted by atomic mass is 35.5. The van der Waals surface area contributed by atoms with Gasteiger partial charge in [-0.2, -0.15) is 0 Å². The van der Waals surface area contributed by atoms with Gasteiger partial charge in [0.15, 0.2) is 0 Å². The number of carbonyl (C=O) groups excluding carboxylic acids is 1. The van der Waals surface area contributed by atoms with Crippen LogP contribution in [0.2, 0.25) is 5.02 Å². The van der Waals surface area contributed by atoms with E-state index in [4.69, 9.17) is 17.3 Å². The fourth-order valence-electron chi connectivity index (χ4n) is 3.27. The van der Waals surface area contributed by atoms with Crippen LogP contribution in [0.4, 0.5) is 20.2 Å². The van der Waals surface area contributed by atoms with Gasteiger partial charge in [0, 0.05) is 34.0 Å². The van der Waals surface area contributed by atoms with Gasteiger partial charge < -0.3 is 11.1 Å². The van der Waals surface area contributed by atoms with Crippen LogP contribution in [0.1, 0.15) is 37.0 Å². The minimum Gasteiger partial charge on any atom is -0.402 e. The van der Waals surface area contributed by atoms with Gasteiger partial charge in [0.05, 0.1) is 17.8 Å². The van der Waals surface area contributed by atoms with Crippen molar-refractivity contribution in [2.24, 2.45) is 10.7 Å². The molecule has 3 rings (SSSR count). The number of carbonyl (C=O) groups is 1. The zero-order valence-electron chi connectivity index (χ0n) is 19.0. The minimum atomic E-state index is -2.87. The number of amides is 1. The zero-order chi connectivity index (χ0) is 24.7. The van der Waals surface area contributed by atoms with E-state index < -0.39 is 5.92 Å². The van der Waals surface area contributed by atoms with Gasteiger partial charge >= 0.3 is 0 Å². The minimum absolute atomic E-state index is 0.0499. The Hall–Kier alpha value is -3.51. The molecule has 176 valence electrons. The maximum Gasteiger partial charge on any atom is 0.273 e. The Kier molecular flexibility index (Phi) is 8.18. The number of halogens is 3. The number of anilines is 1. The molecule has 0 radical (unpaired) electrons. The van der Waals surface area contributed by atoms with Crippen LogP contribution < -0.4 is 11.1 Å². The fraction of sp³-hybridized carbons (Fsp3) is 0.185. The molecular weight excluding hydrogens is 456 g/mol. The van der Waals surface area contributed by atoms with Crippen LogP contribution >= 0.6 is 11.6 Å². The van der Waals surface area contributed by atoms with Gasteiger partial charge in [-0.05, 0) is 48.9 Å². The Labute approximate surface area is 203 Å². The van der Waals surface area contributed by atoms with Gasteiger partial charge in [-0.3, -0.25) is 4.79 Å². The number of nitrogens with zero attached hydrogens (tertiary/aromatic N) is 1. The van der Waals surface area contributed by atoms with Crippen LogP contribution in [0.25, 0.3) is 0 Å². The summed E-state index contributed by atoms with van der Waals surface area (Å²) >= 11 is 6.32. The van der Waals surface area contributed by atoms with Crippen molar-refractivity contribution < 1.29 is 13.6 Å². The number of hydrogen-bond donors (Lipinski definition) is 2. The van der Waals surface area contributed by atoms with Crippen molar-refractivity contribution in [3.05, 3.63) is 106 Å². The highest BCUT2D eigenvalue weighted by Crippen LogP contribution is 2.31. The molecular formula is C27H26ClF2N3O. The lowest BCUT2D eigenvalue weighted by molar-refractivity contribution is -0.115. The summed E-state index contributed by atoms with van der Waals surface area (Å²) in [5, 5.41) is 3.38. The number of nitrogens with two attached hydrogens (primary N) is 1. The third kappa shape index (κ3) is 6.75. The number of aliphatic imine (C=N–C) groups is 1. The average molecular weight is 482 g/mol. The van der Waals surface area contributed by atoms with Gasteiger partial charge in [-0.25, -0.2) is 13.8 Å². The first kappa shape index (κ1) is 25.1. The van der Waals surface area contributed by atoms with Crippen LogP contribution in [0.5, 0.6) is 0 Å². The molecule has 0 spiro atoms. The summed E-state index contributed by atoms with van der Waals surface area (Å²) in [7, 11) is 0. The van der Waals surface area contributed by atoms with E-state index in [1.807, 2.05) is 18.2 Å². The summed E-state index contributed by atoms with van der Waals surface area (Å²) in [5.41, 5.74) is 9.71. The van der Waals surface area contributed by atoms with Crippen LogP contribution in [-0.2, 0) is 17.1 Å². The molecule has 1 amide bonds. The summed E-state index contributed by atoms with van der Waals surface area (Å²) in [6.45, 7) is 3.21. The molecule has 0 aliphatic heterocycles. The second-order valence-corrected chi connectivity index (χ2v) is 8.30. The van der Waals surface area contributed by atoms with E-state index in [0.29, 0.717) is 33.4 Å². The molecule has 0 saturated heterocycles. The highest BCUT2D eigenvalue weighted by Gasteiger charge is 2.28. The van der Waals surface area contributed by atoms with Gasteiger partial charge in [0.25, 0.3) is 5.92 Å². The van der Waals surface area contributed by atoms with Crippen molar-refractivity contribution in [3.63, 3.8) is 0 Å². The molecule has 4 nitrogen and oxygen atoms in total. The third-order valence-corrected chi connectivity index (χ3v) is 5.43. The summed E-state index contributed by atoms with van der Waals surface area (Å²) in [5.74, 6) is -3.11. The molecule has 0 aliphatic carbocycles. The second kappa shape index (κ2) is 11.1. The maximum atomic E-state index is 13.8. The molecule has 3 aromatic rings. The number of alkyl halides is 2. The van der Waals surface area contributed by atoms with E-state index in [-0.39, 0.29) is 24.3 Å². The number of rotatable bonds is 8. The molecule has 3 aromatic carbocycles. The first-order valence-electron chi connectivity index (χ1n) is 10.8. The molecule has 0 aromatic heterocycles. The molecule has 0 aliphatic rings. The molecule has 0 heterocycles. The quantitative estimate of drug-likeness (QED) is 0.340. The van der Waals surface area contributed by atoms with Crippen LogP contribution in [0, 0.1) is 0 Å². The van der Waals surface area contributed by atoms with E-state index >= 15 is 0 Å². The van der Waals surface area contributed by atoms with Crippen molar-refractivity contribution in [1.29, 1.82) is 0 Å². The molecule has 0 bridgehead atoms. The van der Waals surface area contributed by atoms with E-state index in [1.165, 1.54) is 19.1 Å². The van der Waals surface area contributed by atoms with E-state index in [0.717, 1.165) is 5.56 Å². The predicted molar refractivity (Wildman–Crippen MR) is 135 cm³/mol. The van der Waals surface area contributed by atoms with Crippen molar-refractivity contribution in [2.75, 3.05) is 5.32 Å². The summed E-state index contributed by atoms with van der Waals surface area (Å²) < 4.78 is 27.5. The Balaban J connectivity index is 1.70. The van der Waals surface area contributed by atoms with Crippen LogP contribution in [0.3, 0.4) is 0 Å². The third-order valence-electron chi connectivity index (χ3n) is 5.10. The molecule has 34 heavy (non-hydrogen) atoms. The Bertz CT molecular complexity index is 1200. The number of hydrogen-bond acceptors (Lipinski definition) is 3. The second-order valence-electron chi connectivity index (χ2n) is 7.89. The molecule has 0 atom stereocenters. The Morgan fingerprint density at radius 3 is 2.29 bits per heavy atom. The lowest BCUT2D eigenvalue weighted by Crippen LogP contribution is -2.15.